The summed E-state index contributed by atoms with van der Waals surface area (Å²) in [5.74, 6) is -0.141. The third-order valence-corrected chi connectivity index (χ3v) is 6.03. The molecule has 0 radical (unpaired) electrons. The van der Waals surface area contributed by atoms with Gasteiger partial charge in [0.2, 0.25) is 10.0 Å². The van der Waals surface area contributed by atoms with Gasteiger partial charge in [-0.2, -0.15) is 0 Å². The highest BCUT2D eigenvalue weighted by atomic mass is 32.2. The maximum Gasteiger partial charge on any atom is 0.253 e. The molecule has 1 saturated carbocycles. The van der Waals surface area contributed by atoms with Gasteiger partial charge in [0.15, 0.2) is 0 Å². The molecule has 5 nitrogen and oxygen atoms in total. The van der Waals surface area contributed by atoms with E-state index in [0.29, 0.717) is 12.1 Å². The van der Waals surface area contributed by atoms with Crippen LogP contribution < -0.4 is 4.72 Å². The minimum Gasteiger partial charge on any atom is -0.342 e. The van der Waals surface area contributed by atoms with Crippen LogP contribution in [0.15, 0.2) is 29.2 Å². The van der Waals surface area contributed by atoms with Crippen molar-refractivity contribution in [3.05, 3.63) is 29.8 Å². The van der Waals surface area contributed by atoms with Crippen LogP contribution in [0, 0.1) is 0 Å². The molecule has 0 bridgehead atoms. The molecule has 0 aliphatic heterocycles. The van der Waals surface area contributed by atoms with Crippen LogP contribution in [0.25, 0.3) is 0 Å². The number of carbonyl (C=O) groups excluding carboxylic acids is 1. The topological polar surface area (TPSA) is 66.5 Å². The number of hydrogen-bond acceptors (Lipinski definition) is 3. The molecule has 134 valence electrons. The van der Waals surface area contributed by atoms with Crippen molar-refractivity contribution in [2.45, 2.75) is 62.8 Å². The molecule has 0 atom stereocenters. The Bertz CT molecular complexity index is 652. The van der Waals surface area contributed by atoms with Crippen LogP contribution in [0.2, 0.25) is 0 Å². The second kappa shape index (κ2) is 8.62. The smallest absolute Gasteiger partial charge is 0.253 e. The summed E-state index contributed by atoms with van der Waals surface area (Å²) in [6.45, 7) is 2.75. The second-order valence-electron chi connectivity index (χ2n) is 6.56. The van der Waals surface area contributed by atoms with E-state index in [-0.39, 0.29) is 16.8 Å². The molecular formula is C18H28N2O3S. The lowest BCUT2D eigenvalue weighted by atomic mass is 9.96. The Kier molecular flexibility index (Phi) is 6.80. The van der Waals surface area contributed by atoms with Gasteiger partial charge in [0.1, 0.15) is 0 Å². The highest BCUT2D eigenvalue weighted by molar-refractivity contribution is 7.89. The predicted octanol–water partition coefficient (Wildman–Crippen LogP) is 3.17. The van der Waals surface area contributed by atoms with Gasteiger partial charge in [-0.1, -0.05) is 38.7 Å². The maximum atomic E-state index is 12.6. The van der Waals surface area contributed by atoms with E-state index in [1.54, 1.807) is 30.1 Å². The van der Waals surface area contributed by atoms with Crippen LogP contribution in [0.5, 0.6) is 0 Å². The predicted molar refractivity (Wildman–Crippen MR) is 95.5 cm³/mol. The van der Waals surface area contributed by atoms with E-state index in [9.17, 15) is 13.2 Å². The zero-order chi connectivity index (χ0) is 17.6. The number of nitrogens with one attached hydrogen (secondary N) is 1. The molecule has 6 heteroatoms. The van der Waals surface area contributed by atoms with Gasteiger partial charge in [-0.25, -0.2) is 13.1 Å². The number of benzene rings is 1. The van der Waals surface area contributed by atoms with E-state index in [2.05, 4.69) is 11.6 Å². The first-order valence-electron chi connectivity index (χ1n) is 8.82. The van der Waals surface area contributed by atoms with Crippen molar-refractivity contribution in [3.8, 4) is 0 Å². The molecular weight excluding hydrogens is 324 g/mol. The van der Waals surface area contributed by atoms with Gasteiger partial charge in [0.05, 0.1) is 4.90 Å². The molecule has 0 heterocycles. The normalized spacial score (nSPS) is 16.1. The fourth-order valence-electron chi connectivity index (χ4n) is 3.02. The molecule has 1 aliphatic rings. The number of amides is 1. The highest BCUT2D eigenvalue weighted by Crippen LogP contribution is 2.20. The number of rotatable bonds is 7. The van der Waals surface area contributed by atoms with Crippen LogP contribution in [-0.2, 0) is 10.0 Å². The van der Waals surface area contributed by atoms with E-state index >= 15 is 0 Å². The van der Waals surface area contributed by atoms with Gasteiger partial charge in [-0.05, 0) is 37.5 Å². The van der Waals surface area contributed by atoms with Crippen molar-refractivity contribution >= 4 is 15.9 Å². The summed E-state index contributed by atoms with van der Waals surface area (Å²) in [5, 5.41) is 0. The van der Waals surface area contributed by atoms with Gasteiger partial charge >= 0.3 is 0 Å². The average Bonchev–Trinajstić information content (AvgIpc) is 2.59. The quantitative estimate of drug-likeness (QED) is 0.819. The van der Waals surface area contributed by atoms with E-state index in [4.69, 9.17) is 0 Å². The number of sulfonamides is 1. The van der Waals surface area contributed by atoms with E-state index in [1.807, 2.05) is 0 Å². The van der Waals surface area contributed by atoms with Gasteiger partial charge in [-0.15, -0.1) is 0 Å². The van der Waals surface area contributed by atoms with Gasteiger partial charge in [0.25, 0.3) is 5.91 Å². The Morgan fingerprint density at radius 2 is 1.96 bits per heavy atom. The molecule has 0 unspecified atom stereocenters. The standard InChI is InChI=1S/C18H28N2O3S/c1-3-4-13-20(2)18(21)15-9-8-12-17(14-15)24(22,23)19-16-10-6-5-7-11-16/h8-9,12,14,16,19H,3-7,10-11,13H2,1-2H3. The lowest BCUT2D eigenvalue weighted by Gasteiger charge is -2.23. The van der Waals surface area contributed by atoms with Crippen molar-refractivity contribution in [1.29, 1.82) is 0 Å². The van der Waals surface area contributed by atoms with Crippen LogP contribution >= 0.6 is 0 Å². The Balaban J connectivity index is 2.12. The fourth-order valence-corrected chi connectivity index (χ4v) is 4.37. The molecule has 0 aromatic heterocycles. The molecule has 0 saturated heterocycles. The maximum absolute atomic E-state index is 12.6. The Hall–Kier alpha value is -1.40. The summed E-state index contributed by atoms with van der Waals surface area (Å²) in [6.07, 6.45) is 7.02. The highest BCUT2D eigenvalue weighted by Gasteiger charge is 2.23. The molecule has 24 heavy (non-hydrogen) atoms. The fraction of sp³-hybridized carbons (Fsp3) is 0.611. The van der Waals surface area contributed by atoms with Crippen molar-refractivity contribution in [2.24, 2.45) is 0 Å². The second-order valence-corrected chi connectivity index (χ2v) is 8.28. The number of nitrogens with zero attached hydrogens (tertiary/aromatic N) is 1. The Labute approximate surface area is 145 Å². The lowest BCUT2D eigenvalue weighted by Crippen LogP contribution is -2.36. The van der Waals surface area contributed by atoms with E-state index in [0.717, 1.165) is 38.5 Å². The first-order valence-corrected chi connectivity index (χ1v) is 10.3. The molecule has 1 aromatic carbocycles. The number of unbranched alkanes of at least 4 members (excludes halogenated alkanes) is 1. The van der Waals surface area contributed by atoms with Crippen LogP contribution in [0.3, 0.4) is 0 Å². The molecule has 1 N–H and O–H groups in total. The van der Waals surface area contributed by atoms with Crippen LogP contribution in [0.1, 0.15) is 62.2 Å². The zero-order valence-electron chi connectivity index (χ0n) is 14.6. The van der Waals surface area contributed by atoms with E-state index < -0.39 is 10.0 Å². The molecule has 1 aliphatic carbocycles. The van der Waals surface area contributed by atoms with Crippen LogP contribution in [0.4, 0.5) is 0 Å². The molecule has 1 aromatic rings. The average molecular weight is 353 g/mol. The van der Waals surface area contributed by atoms with Crippen LogP contribution in [-0.4, -0.2) is 38.9 Å². The summed E-state index contributed by atoms with van der Waals surface area (Å²) < 4.78 is 28.0. The minimum absolute atomic E-state index is 0.00957. The first-order chi connectivity index (χ1) is 11.4. The third-order valence-electron chi connectivity index (χ3n) is 4.51. The molecule has 1 fully saturated rings. The van der Waals surface area contributed by atoms with Gasteiger partial charge in [-0.3, -0.25) is 4.79 Å². The summed E-state index contributed by atoms with van der Waals surface area (Å²) in [7, 11) is -1.83. The van der Waals surface area contributed by atoms with Gasteiger partial charge in [0, 0.05) is 25.2 Å². The lowest BCUT2D eigenvalue weighted by molar-refractivity contribution is 0.0793. The first kappa shape index (κ1) is 18.9. The molecule has 2 rings (SSSR count). The van der Waals surface area contributed by atoms with Crippen molar-refractivity contribution < 1.29 is 13.2 Å². The number of hydrogen-bond donors (Lipinski definition) is 1. The summed E-state index contributed by atoms with van der Waals surface area (Å²) in [5.41, 5.74) is 0.417. The third kappa shape index (κ3) is 5.05. The Morgan fingerprint density at radius 1 is 1.25 bits per heavy atom. The zero-order valence-corrected chi connectivity index (χ0v) is 15.4. The van der Waals surface area contributed by atoms with E-state index in [1.165, 1.54) is 12.5 Å². The monoisotopic (exact) mass is 352 g/mol. The Morgan fingerprint density at radius 3 is 2.62 bits per heavy atom. The largest absolute Gasteiger partial charge is 0.342 e. The molecule has 0 spiro atoms. The molecule has 1 amide bonds. The van der Waals surface area contributed by atoms with Crippen molar-refractivity contribution in [1.82, 2.24) is 9.62 Å². The summed E-state index contributed by atoms with van der Waals surface area (Å²) in [4.78, 5) is 14.2. The van der Waals surface area contributed by atoms with Crippen molar-refractivity contribution in [3.63, 3.8) is 0 Å². The minimum atomic E-state index is -3.58. The SMILES string of the molecule is CCCCN(C)C(=O)c1cccc(S(=O)(=O)NC2CCCCC2)c1. The summed E-state index contributed by atoms with van der Waals surface area (Å²) >= 11 is 0. The van der Waals surface area contributed by atoms with Gasteiger partial charge < -0.3 is 4.90 Å². The summed E-state index contributed by atoms with van der Waals surface area (Å²) in [6, 6.07) is 6.35. The number of carbonyl (C=O) groups is 1. The van der Waals surface area contributed by atoms with Crippen molar-refractivity contribution in [2.75, 3.05) is 13.6 Å².